The van der Waals surface area contributed by atoms with Crippen molar-refractivity contribution >= 4 is 21.0 Å². The second-order valence-electron chi connectivity index (χ2n) is 6.92. The predicted octanol–water partition coefficient (Wildman–Crippen LogP) is 2.28. The Morgan fingerprint density at radius 3 is 2.41 bits per heavy atom. The van der Waals surface area contributed by atoms with Gasteiger partial charge in [0.05, 0.1) is 6.10 Å². The van der Waals surface area contributed by atoms with Crippen molar-refractivity contribution in [3.05, 3.63) is 0 Å². The van der Waals surface area contributed by atoms with E-state index >= 15 is 0 Å². The van der Waals surface area contributed by atoms with Crippen molar-refractivity contribution in [2.45, 2.75) is 63.7 Å². The molecule has 0 aliphatic carbocycles. The molecule has 1 N–H and O–H groups in total. The average Bonchev–Trinajstić information content (AvgIpc) is 2.88. The van der Waals surface area contributed by atoms with Crippen LogP contribution in [0.3, 0.4) is 0 Å². The van der Waals surface area contributed by atoms with Crippen molar-refractivity contribution in [2.24, 2.45) is 17.8 Å². The fourth-order valence-electron chi connectivity index (χ4n) is 4.01. The first-order valence-corrected chi connectivity index (χ1v) is 11.2. The van der Waals surface area contributed by atoms with Crippen molar-refractivity contribution < 1.29 is 22.7 Å². The minimum absolute atomic E-state index is 0.138. The van der Waals surface area contributed by atoms with Gasteiger partial charge in [0.25, 0.3) is 10.1 Å². The van der Waals surface area contributed by atoms with Crippen molar-refractivity contribution in [1.82, 2.24) is 0 Å². The van der Waals surface area contributed by atoms with E-state index in [0.717, 1.165) is 17.9 Å². The van der Waals surface area contributed by atoms with Crippen LogP contribution in [-0.2, 0) is 30.1 Å². The molecule has 0 radical (unpaired) electrons. The highest BCUT2D eigenvalue weighted by atomic mass is 32.2. The Labute approximate surface area is 137 Å². The minimum Gasteiger partial charge on any atom is -0.369 e. The van der Waals surface area contributed by atoms with E-state index in [1.165, 1.54) is 0 Å². The molecule has 2 heterocycles. The van der Waals surface area contributed by atoms with Gasteiger partial charge in [-0.25, -0.2) is 5.26 Å². The van der Waals surface area contributed by atoms with Gasteiger partial charge >= 0.3 is 0 Å². The fourth-order valence-corrected chi connectivity index (χ4v) is 9.17. The Morgan fingerprint density at radius 1 is 1.23 bits per heavy atom. The first-order chi connectivity index (χ1) is 10.2. The fraction of sp³-hybridized carbons (Fsp3) is 1.00. The van der Waals surface area contributed by atoms with Gasteiger partial charge in [0, 0.05) is 17.8 Å². The molecule has 8 atom stereocenters. The van der Waals surface area contributed by atoms with E-state index < -0.39 is 15.4 Å². The largest absolute Gasteiger partial charge is 0.369 e. The normalized spacial score (nSPS) is 46.3. The Kier molecular flexibility index (Phi) is 5.87. The van der Waals surface area contributed by atoms with E-state index in [4.69, 9.17) is 9.99 Å². The third kappa shape index (κ3) is 3.34. The van der Waals surface area contributed by atoms with Gasteiger partial charge in [-0.1, -0.05) is 27.7 Å². The summed E-state index contributed by atoms with van der Waals surface area (Å²) in [4.78, 5) is 0. The number of rotatable bonds is 5. The van der Waals surface area contributed by atoms with Crippen molar-refractivity contribution in [2.75, 3.05) is 11.5 Å². The third-order valence-electron chi connectivity index (χ3n) is 5.62. The molecule has 2 fully saturated rings. The molecule has 2 aliphatic rings. The molecule has 0 aromatic heterocycles. The molecule has 2 saturated heterocycles. The summed E-state index contributed by atoms with van der Waals surface area (Å²) in [6.07, 6.45) is 0.610. The van der Waals surface area contributed by atoms with E-state index in [1.54, 1.807) is 0 Å². The molecule has 0 saturated carbocycles. The maximum atomic E-state index is 12.1. The Balaban J connectivity index is 2.17. The van der Waals surface area contributed by atoms with Crippen LogP contribution in [0.2, 0.25) is 0 Å². The highest BCUT2D eigenvalue weighted by Gasteiger charge is 2.54. The monoisotopic (exact) mass is 353 g/mol. The van der Waals surface area contributed by atoms with Crippen LogP contribution in [0.25, 0.3) is 0 Å². The zero-order chi connectivity index (χ0) is 16.7. The molecular formula is C15H29O5S2+. The van der Waals surface area contributed by atoms with E-state index in [1.807, 2.05) is 13.8 Å². The van der Waals surface area contributed by atoms with Crippen LogP contribution in [0.1, 0.15) is 41.0 Å². The van der Waals surface area contributed by atoms with Gasteiger partial charge in [0.1, 0.15) is 28.1 Å². The predicted molar refractivity (Wildman–Crippen MR) is 89.4 cm³/mol. The lowest BCUT2D eigenvalue weighted by Gasteiger charge is -2.20. The van der Waals surface area contributed by atoms with Crippen LogP contribution < -0.4 is 0 Å². The zero-order valence-electron chi connectivity index (χ0n) is 14.1. The molecule has 0 spiro atoms. The second-order valence-corrected chi connectivity index (χ2v) is 11.0. The minimum atomic E-state index is -3.99. The quantitative estimate of drug-likeness (QED) is 0.466. The average molecular weight is 354 g/mol. The molecule has 1 unspecified atom stereocenters. The van der Waals surface area contributed by atoms with Gasteiger partial charge in [-0.2, -0.15) is 8.42 Å². The molecule has 2 rings (SSSR count). The highest BCUT2D eigenvalue weighted by molar-refractivity contribution is 7.97. The summed E-state index contributed by atoms with van der Waals surface area (Å²) in [7, 11) is -3.82. The number of hydrogen-bond donors (Lipinski definition) is 1. The third-order valence-corrected chi connectivity index (χ3v) is 10.6. The van der Waals surface area contributed by atoms with Crippen LogP contribution in [0, 0.1) is 17.8 Å². The highest BCUT2D eigenvalue weighted by Crippen LogP contribution is 2.39. The van der Waals surface area contributed by atoms with Gasteiger partial charge in [0.15, 0.2) is 0 Å². The Bertz CT molecular complexity index is 480. The van der Waals surface area contributed by atoms with Gasteiger partial charge in [-0.3, -0.25) is 0 Å². The zero-order valence-corrected chi connectivity index (χ0v) is 15.7. The lowest BCUT2D eigenvalue weighted by molar-refractivity contribution is -0.132. The Morgan fingerprint density at radius 2 is 1.86 bits per heavy atom. The lowest BCUT2D eigenvalue weighted by atomic mass is 9.94. The molecular weight excluding hydrogens is 324 g/mol. The second kappa shape index (κ2) is 6.97. The van der Waals surface area contributed by atoms with Crippen LogP contribution in [0.5, 0.6) is 0 Å². The summed E-state index contributed by atoms with van der Waals surface area (Å²) < 4.78 is 33.9. The number of ether oxygens (including phenoxy) is 1. The summed E-state index contributed by atoms with van der Waals surface area (Å²) in [5, 5.41) is 8.65. The maximum absolute atomic E-state index is 12.1. The first-order valence-electron chi connectivity index (χ1n) is 8.11. The first kappa shape index (κ1) is 18.5. The van der Waals surface area contributed by atoms with Gasteiger partial charge < -0.3 is 4.74 Å². The summed E-state index contributed by atoms with van der Waals surface area (Å²) in [5.41, 5.74) is 0. The number of hydrogen-bond acceptors (Lipinski definition) is 5. The summed E-state index contributed by atoms with van der Waals surface area (Å²) in [5.74, 6) is 3.08. The molecule has 130 valence electrons. The SMILES string of the molecule is CC[C@@H]1[C@@H](C)[C@H](C)C[S+]1C[C@H]1O[C@H](C)[C@H](C)[C@H]1S(=O)(=O)OO. The summed E-state index contributed by atoms with van der Waals surface area (Å²) in [6.45, 7) is 10.5. The summed E-state index contributed by atoms with van der Waals surface area (Å²) in [6, 6.07) is 0. The maximum Gasteiger partial charge on any atom is 0.299 e. The molecule has 22 heavy (non-hydrogen) atoms. The van der Waals surface area contributed by atoms with E-state index in [2.05, 4.69) is 25.1 Å². The summed E-state index contributed by atoms with van der Waals surface area (Å²) >= 11 is 0. The smallest absolute Gasteiger partial charge is 0.299 e. The topological polar surface area (TPSA) is 72.8 Å². The molecule has 2 aliphatic heterocycles. The van der Waals surface area contributed by atoms with E-state index in [-0.39, 0.29) is 29.0 Å². The van der Waals surface area contributed by atoms with Crippen molar-refractivity contribution in [1.29, 1.82) is 0 Å². The van der Waals surface area contributed by atoms with E-state index in [9.17, 15) is 8.42 Å². The van der Waals surface area contributed by atoms with Crippen molar-refractivity contribution in [3.8, 4) is 0 Å². The van der Waals surface area contributed by atoms with Crippen LogP contribution in [-0.4, -0.2) is 47.9 Å². The van der Waals surface area contributed by atoms with Crippen molar-refractivity contribution in [3.63, 3.8) is 0 Å². The molecule has 0 amide bonds. The van der Waals surface area contributed by atoms with Crippen LogP contribution in [0.15, 0.2) is 0 Å². The van der Waals surface area contributed by atoms with Gasteiger partial charge in [0.2, 0.25) is 0 Å². The molecule has 7 heteroatoms. The van der Waals surface area contributed by atoms with Gasteiger partial charge in [-0.05, 0) is 24.2 Å². The standard InChI is InChI=1S/C15H28O5S2/c1-6-14-10(3)9(2)7-21(14)8-13-15(22(17,18)20-16)11(4)12(5)19-13/h9-15H,6-8H2,1-5H3/p+1/t9-,10+,11+,12-,13-,14-,15-,21?/m1/s1. The molecule has 0 bridgehead atoms. The Hall–Kier alpha value is 0.180. The van der Waals surface area contributed by atoms with E-state index in [0.29, 0.717) is 17.1 Å². The van der Waals surface area contributed by atoms with Crippen LogP contribution in [0.4, 0.5) is 0 Å². The molecule has 0 aromatic rings. The van der Waals surface area contributed by atoms with Gasteiger partial charge in [-0.15, -0.1) is 4.33 Å². The van der Waals surface area contributed by atoms with Crippen LogP contribution >= 0.6 is 0 Å². The molecule has 0 aromatic carbocycles. The molecule has 5 nitrogen and oxygen atoms in total. The lowest BCUT2D eigenvalue weighted by Crippen LogP contribution is -2.41.